The second-order valence-corrected chi connectivity index (χ2v) is 7.44. The van der Waals surface area contributed by atoms with Crippen LogP contribution in [0.2, 0.25) is 0 Å². The summed E-state index contributed by atoms with van der Waals surface area (Å²) in [5.41, 5.74) is 2.61. The molecule has 156 valence electrons. The molecule has 2 aromatic carbocycles. The van der Waals surface area contributed by atoms with Gasteiger partial charge in [0.25, 0.3) is 0 Å². The van der Waals surface area contributed by atoms with Gasteiger partial charge in [0, 0.05) is 11.3 Å². The Balaban J connectivity index is 1.56. The first-order valence-corrected chi connectivity index (χ1v) is 10.3. The summed E-state index contributed by atoms with van der Waals surface area (Å²) in [6.07, 6.45) is 0.792. The van der Waals surface area contributed by atoms with E-state index in [0.717, 1.165) is 29.0 Å². The number of carbonyl (C=O) groups is 2. The summed E-state index contributed by atoms with van der Waals surface area (Å²) in [4.78, 5) is 24.7. The van der Waals surface area contributed by atoms with Crippen LogP contribution in [0.3, 0.4) is 0 Å². The third-order valence-corrected chi connectivity index (χ3v) is 5.27. The van der Waals surface area contributed by atoms with E-state index in [0.29, 0.717) is 10.1 Å². The lowest BCUT2D eigenvalue weighted by Crippen LogP contribution is -2.43. The molecule has 1 heterocycles. The molecule has 0 aliphatic rings. The zero-order valence-corrected chi connectivity index (χ0v) is 17.7. The number of rotatable bonds is 7. The molecular weight excluding hydrogens is 402 g/mol. The number of methoxy groups -OCH3 is 1. The molecule has 0 aliphatic carbocycles. The van der Waals surface area contributed by atoms with Crippen molar-refractivity contribution in [2.75, 3.05) is 17.7 Å². The Morgan fingerprint density at radius 2 is 1.80 bits per heavy atom. The zero-order valence-electron chi connectivity index (χ0n) is 16.9. The number of hydrogen-bond acceptors (Lipinski definition) is 6. The van der Waals surface area contributed by atoms with Crippen LogP contribution in [0.15, 0.2) is 48.5 Å². The Bertz CT molecular complexity index is 1020. The van der Waals surface area contributed by atoms with Gasteiger partial charge < -0.3 is 15.4 Å². The normalized spacial score (nSPS) is 11.4. The first-order chi connectivity index (χ1) is 14.5. The molecule has 9 heteroatoms. The van der Waals surface area contributed by atoms with E-state index in [1.807, 2.05) is 55.5 Å². The van der Waals surface area contributed by atoms with E-state index in [-0.39, 0.29) is 5.91 Å². The Morgan fingerprint density at radius 3 is 2.50 bits per heavy atom. The summed E-state index contributed by atoms with van der Waals surface area (Å²) in [6.45, 7) is 3.61. The van der Waals surface area contributed by atoms with Gasteiger partial charge in [-0.3, -0.25) is 10.1 Å². The number of para-hydroxylation sites is 1. The molecule has 0 saturated carbocycles. The number of carbonyl (C=O) groups excluding carboxylic acids is 2. The van der Waals surface area contributed by atoms with Crippen LogP contribution >= 0.6 is 11.3 Å². The number of hydrogen-bond donors (Lipinski definition) is 3. The number of amides is 3. The van der Waals surface area contributed by atoms with Gasteiger partial charge in [-0.05, 0) is 49.2 Å². The van der Waals surface area contributed by atoms with Crippen molar-refractivity contribution in [1.29, 1.82) is 0 Å². The maximum absolute atomic E-state index is 12.4. The molecule has 0 saturated heterocycles. The molecule has 3 amide bonds. The summed E-state index contributed by atoms with van der Waals surface area (Å²) in [7, 11) is 1.60. The largest absolute Gasteiger partial charge is 0.497 e. The fourth-order valence-electron chi connectivity index (χ4n) is 2.71. The maximum atomic E-state index is 12.4. The molecule has 0 spiro atoms. The molecule has 0 fully saturated rings. The highest BCUT2D eigenvalue weighted by Crippen LogP contribution is 2.27. The lowest BCUT2D eigenvalue weighted by Gasteiger charge is -2.15. The predicted molar refractivity (Wildman–Crippen MR) is 118 cm³/mol. The number of nitrogens with zero attached hydrogens (tertiary/aromatic N) is 2. The smallest absolute Gasteiger partial charge is 0.319 e. The van der Waals surface area contributed by atoms with Crippen molar-refractivity contribution < 1.29 is 14.3 Å². The lowest BCUT2D eigenvalue weighted by atomic mass is 10.1. The molecular formula is C21H23N5O3S. The van der Waals surface area contributed by atoms with Crippen molar-refractivity contribution in [3.05, 3.63) is 54.1 Å². The third kappa shape index (κ3) is 5.32. The van der Waals surface area contributed by atoms with Gasteiger partial charge in [-0.15, -0.1) is 10.2 Å². The summed E-state index contributed by atoms with van der Waals surface area (Å²) < 4.78 is 5.14. The summed E-state index contributed by atoms with van der Waals surface area (Å²) in [5.74, 6) is 0.364. The molecule has 0 bridgehead atoms. The fraction of sp³-hybridized carbons (Fsp3) is 0.238. The summed E-state index contributed by atoms with van der Waals surface area (Å²) in [5, 5.41) is 17.2. The Hall–Kier alpha value is -3.46. The van der Waals surface area contributed by atoms with Crippen LogP contribution in [0.4, 0.5) is 15.6 Å². The van der Waals surface area contributed by atoms with Crippen LogP contribution in [-0.2, 0) is 11.2 Å². The van der Waals surface area contributed by atoms with E-state index in [1.165, 1.54) is 11.3 Å². The van der Waals surface area contributed by atoms with Gasteiger partial charge in [-0.2, -0.15) is 0 Å². The first kappa shape index (κ1) is 21.3. The number of ether oxygens (including phenoxy) is 1. The Morgan fingerprint density at radius 1 is 1.07 bits per heavy atom. The van der Waals surface area contributed by atoms with Crippen LogP contribution in [0.25, 0.3) is 10.6 Å². The quantitative estimate of drug-likeness (QED) is 0.532. The Kier molecular flexibility index (Phi) is 6.97. The van der Waals surface area contributed by atoms with E-state index < -0.39 is 12.1 Å². The van der Waals surface area contributed by atoms with Crippen molar-refractivity contribution >= 4 is 34.1 Å². The van der Waals surface area contributed by atoms with Crippen LogP contribution in [-0.4, -0.2) is 35.3 Å². The zero-order chi connectivity index (χ0) is 21.5. The molecule has 3 rings (SSSR count). The average Bonchev–Trinajstić information content (AvgIpc) is 3.22. The van der Waals surface area contributed by atoms with Crippen LogP contribution in [0, 0.1) is 0 Å². The van der Waals surface area contributed by atoms with Crippen molar-refractivity contribution in [2.24, 2.45) is 0 Å². The Labute approximate surface area is 178 Å². The minimum absolute atomic E-state index is 0.358. The van der Waals surface area contributed by atoms with Gasteiger partial charge in [0.05, 0.1) is 7.11 Å². The van der Waals surface area contributed by atoms with Gasteiger partial charge in [-0.25, -0.2) is 4.79 Å². The number of nitrogens with one attached hydrogen (secondary N) is 3. The van der Waals surface area contributed by atoms with Gasteiger partial charge in [0.1, 0.15) is 16.8 Å². The maximum Gasteiger partial charge on any atom is 0.319 e. The van der Waals surface area contributed by atoms with Crippen molar-refractivity contribution in [2.45, 2.75) is 26.3 Å². The molecule has 30 heavy (non-hydrogen) atoms. The first-order valence-electron chi connectivity index (χ1n) is 9.44. The lowest BCUT2D eigenvalue weighted by molar-refractivity contribution is -0.117. The number of urea groups is 1. The van der Waals surface area contributed by atoms with Gasteiger partial charge in [-0.1, -0.05) is 36.5 Å². The SMILES string of the molecule is CCc1ccccc1NC(=O)N[C@@H](C)C(=O)Nc1nnc(-c2ccc(OC)cc2)s1. The highest BCUT2D eigenvalue weighted by atomic mass is 32.1. The molecule has 1 aromatic heterocycles. The molecule has 0 unspecified atom stereocenters. The number of aromatic nitrogens is 2. The van der Waals surface area contributed by atoms with E-state index in [1.54, 1.807) is 14.0 Å². The fourth-order valence-corrected chi connectivity index (χ4v) is 3.46. The molecule has 8 nitrogen and oxygen atoms in total. The number of benzene rings is 2. The second kappa shape index (κ2) is 9.84. The minimum atomic E-state index is -0.757. The highest BCUT2D eigenvalue weighted by Gasteiger charge is 2.18. The molecule has 3 aromatic rings. The van der Waals surface area contributed by atoms with Crippen molar-refractivity contribution in [3.63, 3.8) is 0 Å². The molecule has 0 aliphatic heterocycles. The van der Waals surface area contributed by atoms with E-state index in [9.17, 15) is 9.59 Å². The minimum Gasteiger partial charge on any atom is -0.497 e. The molecule has 0 radical (unpaired) electrons. The molecule has 3 N–H and O–H groups in total. The van der Waals surface area contributed by atoms with Crippen LogP contribution in [0.5, 0.6) is 5.75 Å². The standard InChI is InChI=1S/C21H23N5O3S/c1-4-14-7-5-6-8-17(14)23-20(28)22-13(2)18(27)24-21-26-25-19(30-21)15-9-11-16(29-3)12-10-15/h5-13H,4H2,1-3H3,(H2,22,23,28)(H,24,26,27)/t13-/m0/s1. The van der Waals surface area contributed by atoms with E-state index in [4.69, 9.17) is 4.74 Å². The topological polar surface area (TPSA) is 105 Å². The summed E-state index contributed by atoms with van der Waals surface area (Å²) in [6, 6.07) is 13.7. The van der Waals surface area contributed by atoms with Gasteiger partial charge in [0.2, 0.25) is 11.0 Å². The highest BCUT2D eigenvalue weighted by molar-refractivity contribution is 7.18. The van der Waals surface area contributed by atoms with Crippen LogP contribution in [0.1, 0.15) is 19.4 Å². The predicted octanol–water partition coefficient (Wildman–Crippen LogP) is 3.92. The van der Waals surface area contributed by atoms with E-state index >= 15 is 0 Å². The van der Waals surface area contributed by atoms with Gasteiger partial charge in [0.15, 0.2) is 0 Å². The summed E-state index contributed by atoms with van der Waals surface area (Å²) >= 11 is 1.25. The van der Waals surface area contributed by atoms with Gasteiger partial charge >= 0.3 is 6.03 Å². The van der Waals surface area contributed by atoms with Crippen molar-refractivity contribution in [1.82, 2.24) is 15.5 Å². The third-order valence-electron chi connectivity index (χ3n) is 4.38. The number of anilines is 2. The van der Waals surface area contributed by atoms with Crippen molar-refractivity contribution in [3.8, 4) is 16.3 Å². The second-order valence-electron chi connectivity index (χ2n) is 6.46. The number of aryl methyl sites for hydroxylation is 1. The average molecular weight is 426 g/mol. The monoisotopic (exact) mass is 425 g/mol. The van der Waals surface area contributed by atoms with Crippen LogP contribution < -0.4 is 20.7 Å². The molecule has 1 atom stereocenters. The van der Waals surface area contributed by atoms with E-state index in [2.05, 4.69) is 26.1 Å².